The van der Waals surface area contributed by atoms with Crippen molar-refractivity contribution in [3.05, 3.63) is 88.7 Å². The van der Waals surface area contributed by atoms with Gasteiger partial charge in [0.25, 0.3) is 5.91 Å². The first-order valence-electron chi connectivity index (χ1n) is 10.1. The standard InChI is InChI=1S/C24H21ClFN3O3/c25-17-2-1-3-19(14-17)28-10-12-29(13-11-28)20-8-9-22(21(15-20)24(31)32)27-23(30)16-4-6-18(26)7-5-16/h1-9,14-15H,10-13H2,(H,27,30)(H,31,32). The molecular formula is C24H21ClFN3O3. The average Bonchev–Trinajstić information content (AvgIpc) is 2.80. The van der Waals surface area contributed by atoms with E-state index in [0.29, 0.717) is 18.1 Å². The smallest absolute Gasteiger partial charge is 0.337 e. The summed E-state index contributed by atoms with van der Waals surface area (Å²) < 4.78 is 13.1. The number of aromatic carboxylic acids is 1. The molecule has 0 aliphatic carbocycles. The van der Waals surface area contributed by atoms with Gasteiger partial charge in [0, 0.05) is 48.1 Å². The number of carboxylic acids is 1. The Morgan fingerprint density at radius 3 is 2.09 bits per heavy atom. The van der Waals surface area contributed by atoms with Gasteiger partial charge in [-0.3, -0.25) is 4.79 Å². The molecule has 0 spiro atoms. The van der Waals surface area contributed by atoms with Gasteiger partial charge in [0.15, 0.2) is 0 Å². The lowest BCUT2D eigenvalue weighted by Crippen LogP contribution is -2.46. The Morgan fingerprint density at radius 2 is 1.50 bits per heavy atom. The van der Waals surface area contributed by atoms with E-state index < -0.39 is 17.7 Å². The van der Waals surface area contributed by atoms with Crippen molar-refractivity contribution in [2.45, 2.75) is 0 Å². The first-order chi connectivity index (χ1) is 15.4. The van der Waals surface area contributed by atoms with Crippen LogP contribution >= 0.6 is 11.6 Å². The van der Waals surface area contributed by atoms with E-state index in [1.54, 1.807) is 18.2 Å². The van der Waals surface area contributed by atoms with Gasteiger partial charge in [-0.05, 0) is 60.7 Å². The Labute approximate surface area is 189 Å². The minimum atomic E-state index is -1.14. The molecule has 2 N–H and O–H groups in total. The van der Waals surface area contributed by atoms with Crippen LogP contribution in [0, 0.1) is 5.82 Å². The number of hydrogen-bond acceptors (Lipinski definition) is 4. The van der Waals surface area contributed by atoms with Crippen LogP contribution < -0.4 is 15.1 Å². The number of rotatable bonds is 5. The third kappa shape index (κ3) is 4.84. The van der Waals surface area contributed by atoms with Crippen LogP contribution in [0.4, 0.5) is 21.5 Å². The van der Waals surface area contributed by atoms with Gasteiger partial charge >= 0.3 is 5.97 Å². The van der Waals surface area contributed by atoms with Crippen LogP contribution in [0.1, 0.15) is 20.7 Å². The zero-order chi connectivity index (χ0) is 22.7. The fourth-order valence-corrected chi connectivity index (χ4v) is 3.89. The SMILES string of the molecule is O=C(Nc1ccc(N2CCN(c3cccc(Cl)c3)CC2)cc1C(=O)O)c1ccc(F)cc1. The lowest BCUT2D eigenvalue weighted by molar-refractivity contribution is 0.0698. The number of amides is 1. The summed E-state index contributed by atoms with van der Waals surface area (Å²) >= 11 is 6.09. The Balaban J connectivity index is 1.48. The van der Waals surface area contributed by atoms with E-state index in [9.17, 15) is 19.1 Å². The van der Waals surface area contributed by atoms with Gasteiger partial charge in [0.1, 0.15) is 5.82 Å². The highest BCUT2D eigenvalue weighted by atomic mass is 35.5. The van der Waals surface area contributed by atoms with E-state index in [2.05, 4.69) is 15.1 Å². The van der Waals surface area contributed by atoms with E-state index in [0.717, 1.165) is 24.5 Å². The van der Waals surface area contributed by atoms with Gasteiger partial charge in [-0.1, -0.05) is 17.7 Å². The number of anilines is 3. The molecule has 32 heavy (non-hydrogen) atoms. The van der Waals surface area contributed by atoms with E-state index in [-0.39, 0.29) is 16.8 Å². The topological polar surface area (TPSA) is 72.9 Å². The summed E-state index contributed by atoms with van der Waals surface area (Å²) in [5.74, 6) is -2.10. The molecule has 0 aromatic heterocycles. The lowest BCUT2D eigenvalue weighted by Gasteiger charge is -2.37. The number of benzene rings is 3. The molecule has 164 valence electrons. The molecule has 4 rings (SSSR count). The molecule has 1 aliphatic rings. The summed E-state index contributed by atoms with van der Waals surface area (Å²) in [4.78, 5) is 28.6. The van der Waals surface area contributed by atoms with Crippen molar-refractivity contribution >= 4 is 40.5 Å². The molecule has 0 bridgehead atoms. The van der Waals surface area contributed by atoms with Crippen molar-refractivity contribution in [2.75, 3.05) is 41.3 Å². The number of carbonyl (C=O) groups is 2. The molecule has 1 saturated heterocycles. The lowest BCUT2D eigenvalue weighted by atomic mass is 10.1. The van der Waals surface area contributed by atoms with Crippen LogP contribution in [-0.2, 0) is 0 Å². The Hall–Kier alpha value is -3.58. The van der Waals surface area contributed by atoms with Gasteiger partial charge in [0.2, 0.25) is 0 Å². The predicted octanol–water partition coefficient (Wildman–Crippen LogP) is 4.76. The maximum absolute atomic E-state index is 13.1. The molecule has 1 aliphatic heterocycles. The third-order valence-corrected chi connectivity index (χ3v) is 5.64. The fourth-order valence-electron chi connectivity index (χ4n) is 3.71. The number of carbonyl (C=O) groups excluding carboxylic acids is 1. The fraction of sp³-hybridized carbons (Fsp3) is 0.167. The molecular weight excluding hydrogens is 433 g/mol. The third-order valence-electron chi connectivity index (χ3n) is 5.41. The largest absolute Gasteiger partial charge is 0.478 e. The highest BCUT2D eigenvalue weighted by molar-refractivity contribution is 6.30. The van der Waals surface area contributed by atoms with Crippen LogP contribution in [0.25, 0.3) is 0 Å². The quantitative estimate of drug-likeness (QED) is 0.583. The van der Waals surface area contributed by atoms with Crippen LogP contribution in [-0.4, -0.2) is 43.2 Å². The van der Waals surface area contributed by atoms with Gasteiger partial charge < -0.3 is 20.2 Å². The molecule has 1 fully saturated rings. The Kier molecular flexibility index (Phi) is 6.28. The van der Waals surface area contributed by atoms with E-state index in [1.807, 2.05) is 24.3 Å². The molecule has 0 saturated carbocycles. The Bertz CT molecular complexity index is 1150. The number of halogens is 2. The maximum Gasteiger partial charge on any atom is 0.337 e. The first-order valence-corrected chi connectivity index (χ1v) is 10.5. The highest BCUT2D eigenvalue weighted by Crippen LogP contribution is 2.27. The summed E-state index contributed by atoms with van der Waals surface area (Å²) in [6.45, 7) is 2.97. The number of hydrogen-bond donors (Lipinski definition) is 2. The van der Waals surface area contributed by atoms with E-state index in [4.69, 9.17) is 11.6 Å². The minimum absolute atomic E-state index is 0.00441. The summed E-state index contributed by atoms with van der Waals surface area (Å²) in [6.07, 6.45) is 0. The van der Waals surface area contributed by atoms with Crippen LogP contribution in [0.15, 0.2) is 66.7 Å². The molecule has 3 aromatic rings. The van der Waals surface area contributed by atoms with Crippen molar-refractivity contribution in [1.29, 1.82) is 0 Å². The second-order valence-electron chi connectivity index (χ2n) is 7.45. The highest BCUT2D eigenvalue weighted by Gasteiger charge is 2.21. The molecule has 0 radical (unpaired) electrons. The van der Waals surface area contributed by atoms with Crippen molar-refractivity contribution in [2.24, 2.45) is 0 Å². The van der Waals surface area contributed by atoms with Crippen molar-refractivity contribution in [3.8, 4) is 0 Å². The Morgan fingerprint density at radius 1 is 0.875 bits per heavy atom. The van der Waals surface area contributed by atoms with Crippen LogP contribution in [0.2, 0.25) is 5.02 Å². The second kappa shape index (κ2) is 9.28. The number of piperazine rings is 1. The van der Waals surface area contributed by atoms with Gasteiger partial charge in [-0.2, -0.15) is 0 Å². The number of nitrogens with one attached hydrogen (secondary N) is 1. The summed E-state index contributed by atoms with van der Waals surface area (Å²) in [5.41, 5.74) is 2.25. The normalized spacial score (nSPS) is 13.7. The first kappa shape index (κ1) is 21.6. The molecule has 0 unspecified atom stereocenters. The maximum atomic E-state index is 13.1. The molecule has 0 atom stereocenters. The van der Waals surface area contributed by atoms with Crippen molar-refractivity contribution in [1.82, 2.24) is 0 Å². The van der Waals surface area contributed by atoms with Crippen molar-refractivity contribution < 1.29 is 19.1 Å². The van der Waals surface area contributed by atoms with E-state index >= 15 is 0 Å². The zero-order valence-electron chi connectivity index (χ0n) is 17.1. The molecule has 3 aromatic carbocycles. The van der Waals surface area contributed by atoms with E-state index in [1.165, 1.54) is 24.3 Å². The number of carboxylic acid groups (broad SMARTS) is 1. The van der Waals surface area contributed by atoms with Crippen LogP contribution in [0.5, 0.6) is 0 Å². The van der Waals surface area contributed by atoms with Gasteiger partial charge in [0.05, 0.1) is 11.3 Å². The predicted molar refractivity (Wildman–Crippen MR) is 124 cm³/mol. The monoisotopic (exact) mass is 453 g/mol. The molecule has 1 amide bonds. The number of nitrogens with zero attached hydrogens (tertiary/aromatic N) is 2. The van der Waals surface area contributed by atoms with Gasteiger partial charge in [-0.25, -0.2) is 9.18 Å². The summed E-state index contributed by atoms with van der Waals surface area (Å²) in [7, 11) is 0. The molecule has 1 heterocycles. The van der Waals surface area contributed by atoms with Crippen LogP contribution in [0.3, 0.4) is 0 Å². The molecule has 6 nitrogen and oxygen atoms in total. The summed E-state index contributed by atoms with van der Waals surface area (Å²) in [6, 6.07) is 17.7. The van der Waals surface area contributed by atoms with Gasteiger partial charge in [-0.15, -0.1) is 0 Å². The molecule has 8 heteroatoms. The van der Waals surface area contributed by atoms with Crippen molar-refractivity contribution in [3.63, 3.8) is 0 Å². The summed E-state index contributed by atoms with van der Waals surface area (Å²) in [5, 5.41) is 13.0. The average molecular weight is 454 g/mol. The zero-order valence-corrected chi connectivity index (χ0v) is 17.8. The second-order valence-corrected chi connectivity index (χ2v) is 7.89. The minimum Gasteiger partial charge on any atom is -0.478 e.